The van der Waals surface area contributed by atoms with Crippen molar-refractivity contribution in [3.8, 4) is 16.9 Å². The zero-order valence-corrected chi connectivity index (χ0v) is 21.9. The van der Waals surface area contributed by atoms with Crippen molar-refractivity contribution in [3.05, 3.63) is 66.2 Å². The number of piperidine rings is 1. The first-order valence-corrected chi connectivity index (χ1v) is 12.7. The minimum absolute atomic E-state index is 0.172. The van der Waals surface area contributed by atoms with E-state index in [1.807, 2.05) is 24.3 Å². The van der Waals surface area contributed by atoms with Gasteiger partial charge in [-0.15, -0.1) is 0 Å². The molecule has 38 heavy (non-hydrogen) atoms. The quantitative estimate of drug-likeness (QED) is 0.336. The highest BCUT2D eigenvalue weighted by Gasteiger charge is 2.29. The smallest absolute Gasteiger partial charge is 0.328 e. The van der Waals surface area contributed by atoms with Crippen LogP contribution in [0.4, 0.5) is 0 Å². The van der Waals surface area contributed by atoms with Gasteiger partial charge in [0.25, 0.3) is 0 Å². The van der Waals surface area contributed by atoms with E-state index in [1.54, 1.807) is 7.11 Å². The van der Waals surface area contributed by atoms with Gasteiger partial charge >= 0.3 is 17.9 Å². The molecule has 0 amide bonds. The van der Waals surface area contributed by atoms with E-state index in [-0.39, 0.29) is 12.1 Å². The lowest BCUT2D eigenvalue weighted by Crippen LogP contribution is -2.47. The normalized spacial score (nSPS) is 14.9. The summed E-state index contributed by atoms with van der Waals surface area (Å²) in [6, 6.07) is 16.0. The minimum atomic E-state index is -1.26. The molecule has 1 heterocycles. The Hall–Kier alpha value is -3.69. The van der Waals surface area contributed by atoms with Gasteiger partial charge in [0.15, 0.2) is 0 Å². The third-order valence-corrected chi connectivity index (χ3v) is 6.29. The maximum Gasteiger partial charge on any atom is 0.328 e. The third kappa shape index (κ3) is 10.4. The van der Waals surface area contributed by atoms with Crippen LogP contribution in [0.5, 0.6) is 5.75 Å². The molecule has 0 bridgehead atoms. The van der Waals surface area contributed by atoms with Gasteiger partial charge in [-0.1, -0.05) is 56.2 Å². The van der Waals surface area contributed by atoms with Crippen molar-refractivity contribution in [2.24, 2.45) is 0 Å². The predicted octanol–water partition coefficient (Wildman–Crippen LogP) is 4.70. The first-order valence-electron chi connectivity index (χ1n) is 12.7. The van der Waals surface area contributed by atoms with Gasteiger partial charge in [0.05, 0.1) is 19.8 Å². The zero-order valence-electron chi connectivity index (χ0n) is 21.9. The van der Waals surface area contributed by atoms with E-state index in [4.69, 9.17) is 19.7 Å². The molecule has 1 unspecified atom stereocenters. The van der Waals surface area contributed by atoms with E-state index in [0.717, 1.165) is 62.1 Å². The second-order valence-corrected chi connectivity index (χ2v) is 8.94. The lowest BCUT2D eigenvalue weighted by atomic mass is 9.99. The summed E-state index contributed by atoms with van der Waals surface area (Å²) >= 11 is 0. The molecule has 206 valence electrons. The van der Waals surface area contributed by atoms with Gasteiger partial charge < -0.3 is 24.8 Å². The van der Waals surface area contributed by atoms with Crippen LogP contribution in [0.1, 0.15) is 44.6 Å². The molecule has 0 spiro atoms. The Bertz CT molecular complexity index is 1040. The standard InChI is InChI=1S/C25H33NO4.C4H4O4/c1-3-4-9-24(25(27)28)26-16-14-22(15-17-26)30-18-20-7-5-6-8-23(20)19-10-12-21(29-2)13-11-19;5-3(6)1-2-4(7)8/h5-8,10-13,22,24H,3-4,9,14-18H2,1-2H3,(H,27,28);1-2H,(H,5,6)(H,7,8). The molecule has 0 saturated carbocycles. The highest BCUT2D eigenvalue weighted by Crippen LogP contribution is 2.27. The number of carboxylic acid groups (broad SMARTS) is 3. The van der Waals surface area contributed by atoms with Crippen molar-refractivity contribution >= 4 is 17.9 Å². The van der Waals surface area contributed by atoms with Gasteiger partial charge in [0, 0.05) is 25.2 Å². The van der Waals surface area contributed by atoms with Crippen molar-refractivity contribution in [3.63, 3.8) is 0 Å². The number of carbonyl (C=O) groups is 3. The first kappa shape index (κ1) is 30.5. The van der Waals surface area contributed by atoms with Gasteiger partial charge in [-0.25, -0.2) is 9.59 Å². The molecule has 1 saturated heterocycles. The number of aliphatic carboxylic acids is 3. The largest absolute Gasteiger partial charge is 0.497 e. The van der Waals surface area contributed by atoms with Crippen LogP contribution in [0.25, 0.3) is 11.1 Å². The van der Waals surface area contributed by atoms with E-state index >= 15 is 0 Å². The molecule has 1 aliphatic rings. The van der Waals surface area contributed by atoms with Gasteiger partial charge in [-0.05, 0) is 48.1 Å². The van der Waals surface area contributed by atoms with E-state index < -0.39 is 17.9 Å². The van der Waals surface area contributed by atoms with Crippen molar-refractivity contribution in [1.29, 1.82) is 0 Å². The predicted molar refractivity (Wildman–Crippen MR) is 143 cm³/mol. The molecule has 1 aliphatic heterocycles. The molecule has 9 nitrogen and oxygen atoms in total. The Kier molecular flexibility index (Phi) is 13.0. The van der Waals surface area contributed by atoms with E-state index in [9.17, 15) is 19.5 Å². The molecule has 2 aromatic carbocycles. The highest BCUT2D eigenvalue weighted by molar-refractivity contribution is 5.89. The fourth-order valence-electron chi connectivity index (χ4n) is 4.26. The molecular weight excluding hydrogens is 490 g/mol. The van der Waals surface area contributed by atoms with Crippen LogP contribution in [0.2, 0.25) is 0 Å². The lowest BCUT2D eigenvalue weighted by molar-refractivity contribution is -0.145. The number of likely N-dealkylation sites (tertiary alicyclic amines) is 1. The number of methoxy groups -OCH3 is 1. The zero-order chi connectivity index (χ0) is 27.9. The third-order valence-electron chi connectivity index (χ3n) is 6.29. The Balaban J connectivity index is 0.000000550. The molecule has 0 aliphatic carbocycles. The van der Waals surface area contributed by atoms with E-state index in [0.29, 0.717) is 18.8 Å². The summed E-state index contributed by atoms with van der Waals surface area (Å²) in [6.07, 6.45) is 5.75. The van der Waals surface area contributed by atoms with Crippen LogP contribution in [0, 0.1) is 0 Å². The summed E-state index contributed by atoms with van der Waals surface area (Å²) < 4.78 is 11.5. The Morgan fingerprint density at radius 1 is 0.974 bits per heavy atom. The summed E-state index contributed by atoms with van der Waals surface area (Å²) in [6.45, 7) is 4.23. The average molecular weight is 528 g/mol. The highest BCUT2D eigenvalue weighted by atomic mass is 16.5. The van der Waals surface area contributed by atoms with Crippen molar-refractivity contribution in [2.75, 3.05) is 20.2 Å². The van der Waals surface area contributed by atoms with Crippen LogP contribution >= 0.6 is 0 Å². The number of rotatable bonds is 12. The number of nitrogens with zero attached hydrogens (tertiary/aromatic N) is 1. The molecule has 0 radical (unpaired) electrons. The molecule has 2 aromatic rings. The fraction of sp³-hybridized carbons (Fsp3) is 0.414. The monoisotopic (exact) mass is 527 g/mol. The number of benzene rings is 2. The van der Waals surface area contributed by atoms with Crippen LogP contribution in [-0.2, 0) is 25.7 Å². The summed E-state index contributed by atoms with van der Waals surface area (Å²) in [5.74, 6) is -2.37. The van der Waals surface area contributed by atoms with Crippen LogP contribution in [0.3, 0.4) is 0 Å². The number of ether oxygens (including phenoxy) is 2. The SMILES string of the molecule is CCCCC(C(=O)O)N1CCC(OCc2ccccc2-c2ccc(OC)cc2)CC1.O=C(O)C=CC(=O)O. The van der Waals surface area contributed by atoms with Crippen molar-refractivity contribution in [1.82, 2.24) is 4.90 Å². The van der Waals surface area contributed by atoms with E-state index in [1.165, 1.54) is 5.56 Å². The second-order valence-electron chi connectivity index (χ2n) is 8.94. The Morgan fingerprint density at radius 3 is 2.11 bits per heavy atom. The number of hydrogen-bond donors (Lipinski definition) is 3. The topological polar surface area (TPSA) is 134 Å². The van der Waals surface area contributed by atoms with Crippen molar-refractivity contribution < 1.29 is 39.2 Å². The molecule has 9 heteroatoms. The fourth-order valence-corrected chi connectivity index (χ4v) is 4.26. The summed E-state index contributed by atoms with van der Waals surface area (Å²) in [7, 11) is 1.67. The van der Waals surface area contributed by atoms with Crippen LogP contribution in [-0.4, -0.2) is 70.5 Å². The molecule has 3 N–H and O–H groups in total. The molecular formula is C29H37NO8. The molecule has 1 fully saturated rings. The van der Waals surface area contributed by atoms with Gasteiger partial charge in [-0.2, -0.15) is 0 Å². The van der Waals surface area contributed by atoms with Crippen LogP contribution < -0.4 is 4.74 Å². The maximum absolute atomic E-state index is 11.6. The molecule has 1 atom stereocenters. The summed E-state index contributed by atoms with van der Waals surface area (Å²) in [4.78, 5) is 32.9. The van der Waals surface area contributed by atoms with Crippen molar-refractivity contribution in [2.45, 2.75) is 57.8 Å². The Morgan fingerprint density at radius 2 is 1.58 bits per heavy atom. The average Bonchev–Trinajstić information content (AvgIpc) is 2.92. The molecule has 3 rings (SSSR count). The summed E-state index contributed by atoms with van der Waals surface area (Å²) in [5.41, 5.74) is 3.48. The lowest BCUT2D eigenvalue weighted by Gasteiger charge is -2.35. The van der Waals surface area contributed by atoms with E-state index in [2.05, 4.69) is 36.1 Å². The number of hydrogen-bond acceptors (Lipinski definition) is 6. The maximum atomic E-state index is 11.6. The Labute approximate surface area is 223 Å². The number of carboxylic acids is 3. The summed E-state index contributed by atoms with van der Waals surface area (Å²) in [5, 5.41) is 25.2. The molecule has 0 aromatic heterocycles. The minimum Gasteiger partial charge on any atom is -0.497 e. The second kappa shape index (κ2) is 16.2. The van der Waals surface area contributed by atoms with Gasteiger partial charge in [0.2, 0.25) is 0 Å². The van der Waals surface area contributed by atoms with Crippen LogP contribution in [0.15, 0.2) is 60.7 Å². The van der Waals surface area contributed by atoms with Gasteiger partial charge in [-0.3, -0.25) is 9.69 Å². The number of unbranched alkanes of at least 4 members (excludes halogenated alkanes) is 1. The first-order chi connectivity index (χ1) is 18.2. The van der Waals surface area contributed by atoms with Gasteiger partial charge in [0.1, 0.15) is 11.8 Å².